The van der Waals surface area contributed by atoms with Crippen LogP contribution in [0.15, 0.2) is 97.2 Å². The summed E-state index contributed by atoms with van der Waals surface area (Å²) in [5.74, 6) is -0.0713. The Morgan fingerprint density at radius 1 is 0.862 bits per heavy atom. The fourth-order valence-corrected chi connectivity index (χ4v) is 3.34. The first-order chi connectivity index (χ1) is 14.1. The van der Waals surface area contributed by atoms with E-state index in [2.05, 4.69) is 0 Å². The van der Waals surface area contributed by atoms with Gasteiger partial charge in [0, 0.05) is 12.3 Å². The number of rotatable bonds is 3. The van der Waals surface area contributed by atoms with Gasteiger partial charge in [-0.05, 0) is 34.9 Å². The van der Waals surface area contributed by atoms with Gasteiger partial charge in [-0.2, -0.15) is 0 Å². The molecule has 0 bridgehead atoms. The van der Waals surface area contributed by atoms with E-state index < -0.39 is 24.0 Å². The highest BCUT2D eigenvalue weighted by atomic mass is 16.6. The largest absolute Gasteiger partial charge is 0.419 e. The third-order valence-corrected chi connectivity index (χ3v) is 4.78. The molecule has 0 aliphatic carbocycles. The van der Waals surface area contributed by atoms with Gasteiger partial charge >= 0.3 is 6.09 Å². The van der Waals surface area contributed by atoms with E-state index in [0.717, 1.165) is 11.1 Å². The quantitative estimate of drug-likeness (QED) is 0.728. The van der Waals surface area contributed by atoms with E-state index >= 15 is 0 Å². The summed E-state index contributed by atoms with van der Waals surface area (Å²) in [6.07, 6.45) is 0.498. The molecule has 4 rings (SSSR count). The number of carbonyl (C=O) groups is 2. The molecule has 0 saturated carbocycles. The van der Waals surface area contributed by atoms with E-state index in [1.54, 1.807) is 30.3 Å². The number of hydrogen-bond donors (Lipinski definition) is 1. The second-order valence-corrected chi connectivity index (χ2v) is 6.69. The Balaban J connectivity index is 1.68. The standard InChI is InChI=1S/C24H19NO4/c26-21-14-15-25(24(28)29-20-12-5-2-6-13-20)22(23(21)27)19-11-7-10-18(16-19)17-8-3-1-4-9-17/h1-16,22-23,27H/t22-,23+/m1/s1. The van der Waals surface area contributed by atoms with Gasteiger partial charge < -0.3 is 9.84 Å². The molecule has 144 valence electrons. The van der Waals surface area contributed by atoms with Crippen molar-refractivity contribution < 1.29 is 19.4 Å². The number of aliphatic hydroxyl groups is 1. The molecule has 3 aromatic carbocycles. The van der Waals surface area contributed by atoms with Crippen LogP contribution in [0.25, 0.3) is 11.1 Å². The number of hydrogen-bond acceptors (Lipinski definition) is 4. The van der Waals surface area contributed by atoms with Gasteiger partial charge in [-0.15, -0.1) is 0 Å². The Hall–Kier alpha value is -3.70. The first-order valence-electron chi connectivity index (χ1n) is 9.24. The fourth-order valence-electron chi connectivity index (χ4n) is 3.34. The summed E-state index contributed by atoms with van der Waals surface area (Å²) < 4.78 is 5.42. The number of benzene rings is 3. The number of amides is 1. The predicted octanol–water partition coefficient (Wildman–Crippen LogP) is 4.35. The van der Waals surface area contributed by atoms with Crippen LogP contribution in [0.1, 0.15) is 11.6 Å². The lowest BCUT2D eigenvalue weighted by Crippen LogP contribution is -2.44. The van der Waals surface area contributed by atoms with Crippen molar-refractivity contribution in [1.82, 2.24) is 4.90 Å². The predicted molar refractivity (Wildman–Crippen MR) is 109 cm³/mol. The van der Waals surface area contributed by atoms with Gasteiger partial charge in [0.05, 0.1) is 6.04 Å². The number of carbonyl (C=O) groups excluding carboxylic acids is 2. The lowest BCUT2D eigenvalue weighted by Gasteiger charge is -2.34. The molecule has 1 heterocycles. The molecule has 1 N–H and O–H groups in total. The number of para-hydroxylation sites is 1. The maximum Gasteiger partial charge on any atom is 0.419 e. The van der Waals surface area contributed by atoms with Crippen molar-refractivity contribution in [2.45, 2.75) is 12.1 Å². The normalized spacial score (nSPS) is 18.5. The average molecular weight is 385 g/mol. The molecule has 0 spiro atoms. The van der Waals surface area contributed by atoms with Crippen molar-refractivity contribution in [3.05, 3.63) is 103 Å². The van der Waals surface area contributed by atoms with Crippen molar-refractivity contribution >= 4 is 11.9 Å². The average Bonchev–Trinajstić information content (AvgIpc) is 2.77. The van der Waals surface area contributed by atoms with Gasteiger partial charge in [0.2, 0.25) is 0 Å². The topological polar surface area (TPSA) is 66.8 Å². The van der Waals surface area contributed by atoms with Crippen molar-refractivity contribution in [3.8, 4) is 16.9 Å². The highest BCUT2D eigenvalue weighted by molar-refractivity contribution is 5.96. The van der Waals surface area contributed by atoms with Crippen molar-refractivity contribution in [1.29, 1.82) is 0 Å². The van der Waals surface area contributed by atoms with Gasteiger partial charge in [0.15, 0.2) is 5.78 Å². The molecule has 5 heteroatoms. The molecular weight excluding hydrogens is 366 g/mol. The molecule has 1 amide bonds. The first-order valence-corrected chi connectivity index (χ1v) is 9.24. The summed E-state index contributed by atoms with van der Waals surface area (Å²) in [7, 11) is 0. The lowest BCUT2D eigenvalue weighted by atomic mass is 9.92. The number of ether oxygens (including phenoxy) is 1. The van der Waals surface area contributed by atoms with E-state index in [0.29, 0.717) is 11.3 Å². The van der Waals surface area contributed by atoms with Gasteiger partial charge in [-0.3, -0.25) is 9.69 Å². The van der Waals surface area contributed by atoms with Crippen LogP contribution in [0.4, 0.5) is 4.79 Å². The first kappa shape index (κ1) is 18.7. The number of ketones is 1. The van der Waals surface area contributed by atoms with E-state index in [1.807, 2.05) is 54.6 Å². The Labute approximate surface area is 168 Å². The van der Waals surface area contributed by atoms with Crippen LogP contribution in [-0.2, 0) is 4.79 Å². The van der Waals surface area contributed by atoms with Gasteiger partial charge in [-0.1, -0.05) is 66.7 Å². The summed E-state index contributed by atoms with van der Waals surface area (Å²) >= 11 is 0. The smallest absolute Gasteiger partial charge is 0.410 e. The summed E-state index contributed by atoms with van der Waals surface area (Å²) in [4.78, 5) is 26.2. The van der Waals surface area contributed by atoms with Crippen molar-refractivity contribution in [3.63, 3.8) is 0 Å². The summed E-state index contributed by atoms with van der Waals surface area (Å²) in [6.45, 7) is 0. The minimum Gasteiger partial charge on any atom is -0.410 e. The highest BCUT2D eigenvalue weighted by Crippen LogP contribution is 2.32. The Bertz CT molecular complexity index is 1050. The van der Waals surface area contributed by atoms with E-state index in [4.69, 9.17) is 4.74 Å². The number of aliphatic hydroxyl groups excluding tert-OH is 1. The van der Waals surface area contributed by atoms with Crippen LogP contribution >= 0.6 is 0 Å². The second-order valence-electron chi connectivity index (χ2n) is 6.69. The molecule has 3 aromatic rings. The molecular formula is C24H19NO4. The zero-order valence-electron chi connectivity index (χ0n) is 15.5. The van der Waals surface area contributed by atoms with Gasteiger partial charge in [-0.25, -0.2) is 4.79 Å². The van der Waals surface area contributed by atoms with Crippen LogP contribution < -0.4 is 4.74 Å². The van der Waals surface area contributed by atoms with Crippen LogP contribution in [-0.4, -0.2) is 28.0 Å². The van der Waals surface area contributed by atoms with E-state index in [-0.39, 0.29) is 0 Å². The molecule has 1 aliphatic heterocycles. The third kappa shape index (κ3) is 3.95. The summed E-state index contributed by atoms with van der Waals surface area (Å²) in [5, 5.41) is 10.6. The minimum atomic E-state index is -1.38. The van der Waals surface area contributed by atoms with E-state index in [1.165, 1.54) is 17.2 Å². The molecule has 5 nitrogen and oxygen atoms in total. The van der Waals surface area contributed by atoms with E-state index in [9.17, 15) is 14.7 Å². The highest BCUT2D eigenvalue weighted by Gasteiger charge is 2.37. The van der Waals surface area contributed by atoms with Crippen LogP contribution in [0.5, 0.6) is 5.75 Å². The SMILES string of the molecule is O=C1C=CN(C(=O)Oc2ccccc2)[C@H](c2cccc(-c3ccccc3)c2)[C@H]1O. The molecule has 0 aromatic heterocycles. The molecule has 0 radical (unpaired) electrons. The Kier molecular flexibility index (Phi) is 5.22. The van der Waals surface area contributed by atoms with Crippen molar-refractivity contribution in [2.24, 2.45) is 0 Å². The lowest BCUT2D eigenvalue weighted by molar-refractivity contribution is -0.126. The van der Waals surface area contributed by atoms with Crippen LogP contribution in [0.3, 0.4) is 0 Å². The third-order valence-electron chi connectivity index (χ3n) is 4.78. The molecule has 1 aliphatic rings. The molecule has 0 unspecified atom stereocenters. The van der Waals surface area contributed by atoms with Gasteiger partial charge in [0.1, 0.15) is 11.9 Å². The summed E-state index contributed by atoms with van der Waals surface area (Å²) in [6, 6.07) is 25.0. The zero-order chi connectivity index (χ0) is 20.2. The molecule has 29 heavy (non-hydrogen) atoms. The molecule has 0 fully saturated rings. The fraction of sp³-hybridized carbons (Fsp3) is 0.0833. The molecule has 0 saturated heterocycles. The van der Waals surface area contributed by atoms with Gasteiger partial charge in [0.25, 0.3) is 0 Å². The minimum absolute atomic E-state index is 0.383. The maximum atomic E-state index is 12.8. The zero-order valence-corrected chi connectivity index (χ0v) is 15.5. The molecule has 2 atom stereocenters. The number of nitrogens with zero attached hydrogens (tertiary/aromatic N) is 1. The van der Waals surface area contributed by atoms with Crippen LogP contribution in [0.2, 0.25) is 0 Å². The maximum absolute atomic E-state index is 12.8. The Morgan fingerprint density at radius 3 is 2.24 bits per heavy atom. The van der Waals surface area contributed by atoms with Crippen molar-refractivity contribution in [2.75, 3.05) is 0 Å². The monoisotopic (exact) mass is 385 g/mol. The second kappa shape index (κ2) is 8.12. The van der Waals surface area contributed by atoms with Crippen LogP contribution in [0, 0.1) is 0 Å². The summed E-state index contributed by atoms with van der Waals surface area (Å²) in [5.41, 5.74) is 2.56. The Morgan fingerprint density at radius 2 is 1.52 bits per heavy atom.